The number of hydrogen-bond acceptors (Lipinski definition) is 4. The number of ether oxygens (including phenoxy) is 1. The summed E-state index contributed by atoms with van der Waals surface area (Å²) >= 11 is 0. The number of rotatable bonds is 5. The van der Waals surface area contributed by atoms with E-state index in [1.54, 1.807) is 35.7 Å². The van der Waals surface area contributed by atoms with Gasteiger partial charge in [0, 0.05) is 26.7 Å². The van der Waals surface area contributed by atoms with E-state index >= 15 is 0 Å². The van der Waals surface area contributed by atoms with Gasteiger partial charge in [-0.05, 0) is 36.5 Å². The minimum absolute atomic E-state index is 0.284. The van der Waals surface area contributed by atoms with E-state index in [1.807, 2.05) is 0 Å². The molecule has 112 valence electrons. The first-order valence-electron chi connectivity index (χ1n) is 6.86. The van der Waals surface area contributed by atoms with Crippen molar-refractivity contribution < 1.29 is 13.2 Å². The molecule has 0 saturated carbocycles. The van der Waals surface area contributed by atoms with Gasteiger partial charge in [-0.3, -0.25) is 0 Å². The molecule has 1 aromatic rings. The number of methoxy groups -OCH3 is 1. The van der Waals surface area contributed by atoms with Crippen LogP contribution in [-0.4, -0.2) is 39.5 Å². The molecule has 0 radical (unpaired) electrons. The van der Waals surface area contributed by atoms with Crippen molar-refractivity contribution in [3.8, 4) is 0 Å². The van der Waals surface area contributed by atoms with Crippen LogP contribution in [0.3, 0.4) is 0 Å². The van der Waals surface area contributed by atoms with Crippen LogP contribution in [0.4, 0.5) is 0 Å². The van der Waals surface area contributed by atoms with E-state index < -0.39 is 10.0 Å². The fourth-order valence-corrected chi connectivity index (χ4v) is 4.12. The molecule has 1 aliphatic rings. The van der Waals surface area contributed by atoms with Gasteiger partial charge in [0.1, 0.15) is 0 Å². The van der Waals surface area contributed by atoms with Crippen LogP contribution in [0.5, 0.6) is 0 Å². The Labute approximate surface area is 120 Å². The first kappa shape index (κ1) is 15.4. The number of hydrogen-bond donors (Lipinski definition) is 1. The minimum Gasteiger partial charge on any atom is -0.384 e. The van der Waals surface area contributed by atoms with Crippen LogP contribution in [-0.2, 0) is 21.3 Å². The number of benzene rings is 1. The summed E-state index contributed by atoms with van der Waals surface area (Å²) in [6, 6.07) is 6.81. The molecule has 0 bridgehead atoms. The summed E-state index contributed by atoms with van der Waals surface area (Å²) in [6.45, 7) is 2.15. The first-order valence-corrected chi connectivity index (χ1v) is 8.30. The van der Waals surface area contributed by atoms with Gasteiger partial charge in [-0.15, -0.1) is 0 Å². The Bertz CT molecular complexity index is 526. The summed E-state index contributed by atoms with van der Waals surface area (Å²) in [7, 11) is -1.75. The molecule has 0 spiro atoms. The van der Waals surface area contributed by atoms with Gasteiger partial charge < -0.3 is 10.5 Å². The third-order valence-corrected chi connectivity index (χ3v) is 5.56. The smallest absolute Gasteiger partial charge is 0.243 e. The van der Waals surface area contributed by atoms with Crippen molar-refractivity contribution in [2.75, 3.05) is 26.8 Å². The number of nitrogens with two attached hydrogens (primary N) is 1. The lowest BCUT2D eigenvalue weighted by molar-refractivity contribution is 0.118. The van der Waals surface area contributed by atoms with Gasteiger partial charge in [0.2, 0.25) is 10.0 Å². The summed E-state index contributed by atoms with van der Waals surface area (Å²) in [6.07, 6.45) is 1.90. The van der Waals surface area contributed by atoms with E-state index in [1.165, 1.54) is 0 Å². The Morgan fingerprint density at radius 2 is 2.05 bits per heavy atom. The maximum atomic E-state index is 12.6. The normalized spacial score (nSPS) is 21.0. The average molecular weight is 298 g/mol. The third-order valence-electron chi connectivity index (χ3n) is 3.68. The lowest BCUT2D eigenvalue weighted by Gasteiger charge is -2.31. The van der Waals surface area contributed by atoms with E-state index in [4.69, 9.17) is 10.5 Å². The van der Waals surface area contributed by atoms with E-state index in [2.05, 4.69) is 0 Å². The van der Waals surface area contributed by atoms with Crippen LogP contribution < -0.4 is 5.73 Å². The monoisotopic (exact) mass is 298 g/mol. The zero-order chi connectivity index (χ0) is 14.6. The van der Waals surface area contributed by atoms with Crippen LogP contribution in [0, 0.1) is 5.92 Å². The molecule has 1 heterocycles. The van der Waals surface area contributed by atoms with Crippen molar-refractivity contribution >= 4 is 10.0 Å². The van der Waals surface area contributed by atoms with Gasteiger partial charge in [0.25, 0.3) is 0 Å². The Balaban J connectivity index is 2.16. The quantitative estimate of drug-likeness (QED) is 0.886. The molecule has 0 aromatic heterocycles. The van der Waals surface area contributed by atoms with Gasteiger partial charge >= 0.3 is 0 Å². The molecule has 1 atom stereocenters. The van der Waals surface area contributed by atoms with Gasteiger partial charge in [0.05, 0.1) is 11.5 Å². The summed E-state index contributed by atoms with van der Waals surface area (Å²) in [5.74, 6) is 0.284. The second kappa shape index (κ2) is 6.67. The molecule has 0 aliphatic carbocycles. The molecule has 2 N–H and O–H groups in total. The van der Waals surface area contributed by atoms with Crippen LogP contribution in [0.25, 0.3) is 0 Å². The minimum atomic E-state index is -3.40. The summed E-state index contributed by atoms with van der Waals surface area (Å²) in [4.78, 5) is 0.341. The number of nitrogens with zero attached hydrogens (tertiary/aromatic N) is 1. The van der Waals surface area contributed by atoms with Crippen molar-refractivity contribution in [1.82, 2.24) is 4.31 Å². The predicted octanol–water partition coefficient (Wildman–Crippen LogP) is 1.19. The molecular weight excluding hydrogens is 276 g/mol. The Kier molecular flexibility index (Phi) is 5.15. The van der Waals surface area contributed by atoms with E-state index in [9.17, 15) is 8.42 Å². The topological polar surface area (TPSA) is 72.6 Å². The second-order valence-corrected chi connectivity index (χ2v) is 7.11. The van der Waals surface area contributed by atoms with Crippen LogP contribution in [0.15, 0.2) is 29.2 Å². The zero-order valence-electron chi connectivity index (χ0n) is 11.8. The summed E-state index contributed by atoms with van der Waals surface area (Å²) < 4.78 is 31.9. The van der Waals surface area contributed by atoms with Crippen molar-refractivity contribution in [2.24, 2.45) is 11.7 Å². The first-order chi connectivity index (χ1) is 9.57. The third kappa shape index (κ3) is 3.38. The number of piperidine rings is 1. The van der Waals surface area contributed by atoms with Gasteiger partial charge in [-0.2, -0.15) is 4.31 Å². The van der Waals surface area contributed by atoms with Crippen LogP contribution >= 0.6 is 0 Å². The van der Waals surface area contributed by atoms with Crippen molar-refractivity contribution in [3.63, 3.8) is 0 Å². The molecule has 2 rings (SSSR count). The van der Waals surface area contributed by atoms with Crippen LogP contribution in [0.2, 0.25) is 0 Å². The average Bonchev–Trinajstić information content (AvgIpc) is 2.48. The highest BCUT2D eigenvalue weighted by Crippen LogP contribution is 2.24. The van der Waals surface area contributed by atoms with Crippen molar-refractivity contribution in [1.29, 1.82) is 0 Å². The Morgan fingerprint density at radius 1 is 1.35 bits per heavy atom. The highest BCUT2D eigenvalue weighted by atomic mass is 32.2. The molecule has 1 fully saturated rings. The lowest BCUT2D eigenvalue weighted by atomic mass is 10.0. The van der Waals surface area contributed by atoms with E-state index in [0.29, 0.717) is 31.1 Å². The Morgan fingerprint density at radius 3 is 2.65 bits per heavy atom. The zero-order valence-corrected chi connectivity index (χ0v) is 12.6. The van der Waals surface area contributed by atoms with Gasteiger partial charge in [-0.25, -0.2) is 8.42 Å². The fraction of sp³-hybridized carbons (Fsp3) is 0.571. The maximum Gasteiger partial charge on any atom is 0.243 e. The predicted molar refractivity (Wildman–Crippen MR) is 77.7 cm³/mol. The molecule has 5 nitrogen and oxygen atoms in total. The summed E-state index contributed by atoms with van der Waals surface area (Å²) in [5, 5.41) is 0. The standard InChI is InChI=1S/C14H22N2O3S/c1-19-11-13-3-2-8-16(10-13)20(17,18)14-6-4-12(9-15)5-7-14/h4-7,13H,2-3,8-11,15H2,1H3. The van der Waals surface area contributed by atoms with Gasteiger partial charge in [-0.1, -0.05) is 12.1 Å². The van der Waals surface area contributed by atoms with Gasteiger partial charge in [0.15, 0.2) is 0 Å². The molecule has 0 amide bonds. The molecule has 20 heavy (non-hydrogen) atoms. The van der Waals surface area contributed by atoms with E-state index in [0.717, 1.165) is 18.4 Å². The molecule has 1 saturated heterocycles. The van der Waals surface area contributed by atoms with Crippen molar-refractivity contribution in [3.05, 3.63) is 29.8 Å². The molecule has 1 aliphatic heterocycles. The Hall–Kier alpha value is -0.950. The van der Waals surface area contributed by atoms with E-state index in [-0.39, 0.29) is 5.92 Å². The highest BCUT2D eigenvalue weighted by molar-refractivity contribution is 7.89. The fourth-order valence-electron chi connectivity index (χ4n) is 2.56. The van der Waals surface area contributed by atoms with Crippen LogP contribution in [0.1, 0.15) is 18.4 Å². The maximum absolute atomic E-state index is 12.6. The molecule has 1 unspecified atom stereocenters. The lowest BCUT2D eigenvalue weighted by Crippen LogP contribution is -2.41. The molecule has 6 heteroatoms. The highest BCUT2D eigenvalue weighted by Gasteiger charge is 2.30. The SMILES string of the molecule is COCC1CCCN(S(=O)(=O)c2ccc(CN)cc2)C1. The molecular formula is C14H22N2O3S. The number of sulfonamides is 1. The van der Waals surface area contributed by atoms with Crippen molar-refractivity contribution in [2.45, 2.75) is 24.3 Å². The molecule has 1 aromatic carbocycles. The largest absolute Gasteiger partial charge is 0.384 e. The summed E-state index contributed by atoms with van der Waals surface area (Å²) in [5.41, 5.74) is 6.46. The second-order valence-electron chi connectivity index (χ2n) is 5.17.